The monoisotopic (exact) mass is 406 g/mol. The zero-order chi connectivity index (χ0) is 22.3. The van der Waals surface area contributed by atoms with Gasteiger partial charge in [-0.05, 0) is 81.6 Å². The number of benzene rings is 2. The number of hydrogen-bond donors (Lipinski definition) is 0. The minimum Gasteiger partial charge on any atom is -0.496 e. The van der Waals surface area contributed by atoms with Gasteiger partial charge in [0.2, 0.25) is 0 Å². The van der Waals surface area contributed by atoms with Crippen molar-refractivity contribution < 1.29 is 4.74 Å². The van der Waals surface area contributed by atoms with E-state index in [0.717, 1.165) is 38.1 Å². The van der Waals surface area contributed by atoms with Crippen molar-refractivity contribution in [3.63, 3.8) is 0 Å². The van der Waals surface area contributed by atoms with Crippen molar-refractivity contribution in [2.75, 3.05) is 27.2 Å². The fourth-order valence-electron chi connectivity index (χ4n) is 4.10. The molecule has 0 N–H and O–H groups in total. The third-order valence-electron chi connectivity index (χ3n) is 6.51. The molecule has 30 heavy (non-hydrogen) atoms. The van der Waals surface area contributed by atoms with Gasteiger partial charge in [-0.1, -0.05) is 38.1 Å². The van der Waals surface area contributed by atoms with E-state index in [2.05, 4.69) is 87.8 Å². The molecule has 0 saturated carbocycles. The zero-order valence-electron chi connectivity index (χ0n) is 19.9. The third kappa shape index (κ3) is 5.64. The fourth-order valence-corrected chi connectivity index (χ4v) is 4.10. The van der Waals surface area contributed by atoms with E-state index in [9.17, 15) is 0 Å². The number of ether oxygens (including phenoxy) is 1. The molecule has 0 fully saturated rings. The average molecular weight is 407 g/mol. The minimum atomic E-state index is -0.441. The first-order valence-corrected chi connectivity index (χ1v) is 11.0. The molecule has 1 unspecified atom stereocenters. The van der Waals surface area contributed by atoms with Gasteiger partial charge in [-0.2, -0.15) is 0 Å². The van der Waals surface area contributed by atoms with E-state index in [4.69, 9.17) is 11.3 Å². The molecule has 2 aromatic carbocycles. The predicted molar refractivity (Wildman–Crippen MR) is 127 cm³/mol. The van der Waals surface area contributed by atoms with E-state index in [-0.39, 0.29) is 5.92 Å². The van der Waals surface area contributed by atoms with Crippen LogP contribution in [0.15, 0.2) is 36.4 Å². The lowest BCUT2D eigenvalue weighted by molar-refractivity contribution is 0.288. The van der Waals surface area contributed by atoms with Gasteiger partial charge in [0.1, 0.15) is 5.75 Å². The Morgan fingerprint density at radius 1 is 1.00 bits per heavy atom. The molecule has 162 valence electrons. The lowest BCUT2D eigenvalue weighted by Crippen LogP contribution is -2.31. The predicted octanol–water partition coefficient (Wildman–Crippen LogP) is 6.35. The summed E-state index contributed by atoms with van der Waals surface area (Å²) < 4.78 is 5.45. The van der Waals surface area contributed by atoms with Gasteiger partial charge in [-0.15, -0.1) is 0 Å². The molecular weight excluding hydrogens is 368 g/mol. The summed E-state index contributed by atoms with van der Waals surface area (Å²) in [7, 11) is 3.91. The summed E-state index contributed by atoms with van der Waals surface area (Å²) in [6, 6.07) is 13.0. The summed E-state index contributed by atoms with van der Waals surface area (Å²) in [6.07, 6.45) is 2.91. The Bertz CT molecular complexity index is 881. The van der Waals surface area contributed by atoms with Gasteiger partial charge in [-0.25, -0.2) is 6.57 Å². The van der Waals surface area contributed by atoms with E-state index in [0.29, 0.717) is 0 Å². The smallest absolute Gasteiger partial charge is 0.259 e. The van der Waals surface area contributed by atoms with Crippen LogP contribution in [0.2, 0.25) is 0 Å². The van der Waals surface area contributed by atoms with E-state index in [1.807, 2.05) is 0 Å². The molecule has 1 atom stereocenters. The largest absolute Gasteiger partial charge is 0.496 e. The van der Waals surface area contributed by atoms with E-state index in [1.165, 1.54) is 27.8 Å². The Balaban J connectivity index is 1.98. The Kier molecular flexibility index (Phi) is 8.50. The highest BCUT2D eigenvalue weighted by Gasteiger charge is 2.42. The first kappa shape index (κ1) is 24.0. The molecule has 0 aromatic heterocycles. The molecule has 0 heterocycles. The Morgan fingerprint density at radius 2 is 1.70 bits per heavy atom. The van der Waals surface area contributed by atoms with Gasteiger partial charge < -0.3 is 14.5 Å². The van der Waals surface area contributed by atoms with Crippen LogP contribution in [0.5, 0.6) is 5.75 Å². The van der Waals surface area contributed by atoms with Gasteiger partial charge in [0.15, 0.2) is 0 Å². The maximum atomic E-state index is 8.03. The number of methoxy groups -OCH3 is 1. The van der Waals surface area contributed by atoms with Gasteiger partial charge in [0.05, 0.1) is 7.11 Å². The highest BCUT2D eigenvalue weighted by atomic mass is 16.5. The summed E-state index contributed by atoms with van der Waals surface area (Å²) >= 11 is 0. The number of likely N-dealkylation sites (N-methyl/N-ethyl adjacent to an activating group) is 1. The van der Waals surface area contributed by atoms with Crippen LogP contribution in [0.1, 0.15) is 54.5 Å². The summed E-state index contributed by atoms with van der Waals surface area (Å²) in [4.78, 5) is 6.57. The molecule has 2 aromatic rings. The second-order valence-corrected chi connectivity index (χ2v) is 8.95. The van der Waals surface area contributed by atoms with Gasteiger partial charge >= 0.3 is 0 Å². The van der Waals surface area contributed by atoms with Crippen molar-refractivity contribution in [2.45, 2.75) is 59.4 Å². The van der Waals surface area contributed by atoms with Crippen molar-refractivity contribution in [3.8, 4) is 5.75 Å². The molecule has 3 heteroatoms. The molecule has 0 saturated heterocycles. The van der Waals surface area contributed by atoms with Crippen molar-refractivity contribution >= 4 is 0 Å². The van der Waals surface area contributed by atoms with Crippen molar-refractivity contribution in [1.29, 1.82) is 0 Å². The van der Waals surface area contributed by atoms with Crippen LogP contribution < -0.4 is 4.74 Å². The summed E-state index contributed by atoms with van der Waals surface area (Å²) in [5.74, 6) is 1.24. The second-order valence-electron chi connectivity index (χ2n) is 8.95. The van der Waals surface area contributed by atoms with Gasteiger partial charge in [-0.3, -0.25) is 0 Å². The third-order valence-corrected chi connectivity index (χ3v) is 6.51. The van der Waals surface area contributed by atoms with E-state index in [1.54, 1.807) is 7.11 Å². The van der Waals surface area contributed by atoms with Crippen LogP contribution in [-0.2, 0) is 12.0 Å². The van der Waals surface area contributed by atoms with Crippen LogP contribution in [0.3, 0.4) is 0 Å². The standard InChI is InChI=1S/C27H38N2O/c1-20(2)27(28-6,25-13-11-21(3)23(5)18-25)15-9-16-29(7)17-14-24-12-10-22(4)26(19-24)30-8/h10-13,18-20H,9,14-17H2,1-5,7-8H3. The number of nitrogens with zero attached hydrogens (tertiary/aromatic N) is 2. The Morgan fingerprint density at radius 3 is 2.30 bits per heavy atom. The maximum absolute atomic E-state index is 8.03. The van der Waals surface area contributed by atoms with Crippen LogP contribution in [0.25, 0.3) is 4.85 Å². The van der Waals surface area contributed by atoms with Crippen molar-refractivity contribution in [1.82, 2.24) is 4.90 Å². The lowest BCUT2D eigenvalue weighted by atomic mass is 9.76. The molecule has 0 aliphatic heterocycles. The molecule has 2 rings (SSSR count). The lowest BCUT2D eigenvalue weighted by Gasteiger charge is -2.28. The fraction of sp³-hybridized carbons (Fsp3) is 0.519. The SMILES string of the molecule is [C-]#[N+]C(CCCN(C)CCc1ccc(C)c(OC)c1)(c1ccc(C)c(C)c1)C(C)C. The van der Waals surface area contributed by atoms with Crippen LogP contribution in [0, 0.1) is 33.3 Å². The zero-order valence-corrected chi connectivity index (χ0v) is 19.9. The first-order chi connectivity index (χ1) is 14.2. The highest BCUT2D eigenvalue weighted by Crippen LogP contribution is 2.39. The molecule has 0 radical (unpaired) electrons. The molecule has 0 amide bonds. The van der Waals surface area contributed by atoms with Crippen molar-refractivity contribution in [3.05, 3.63) is 75.6 Å². The van der Waals surface area contributed by atoms with E-state index >= 15 is 0 Å². The van der Waals surface area contributed by atoms with Gasteiger partial charge in [0, 0.05) is 24.4 Å². The minimum absolute atomic E-state index is 0.280. The molecule has 0 spiro atoms. The highest BCUT2D eigenvalue weighted by molar-refractivity contribution is 5.37. The van der Waals surface area contributed by atoms with Crippen molar-refractivity contribution in [2.24, 2.45) is 5.92 Å². The normalized spacial score (nSPS) is 13.3. The number of rotatable bonds is 10. The van der Waals surface area contributed by atoms with Crippen LogP contribution in [-0.4, -0.2) is 32.1 Å². The molecule has 3 nitrogen and oxygen atoms in total. The first-order valence-electron chi connectivity index (χ1n) is 11.0. The van der Waals surface area contributed by atoms with Crippen LogP contribution >= 0.6 is 0 Å². The molecule has 0 aliphatic carbocycles. The van der Waals surface area contributed by atoms with E-state index < -0.39 is 5.54 Å². The topological polar surface area (TPSA) is 16.8 Å². The average Bonchev–Trinajstić information content (AvgIpc) is 2.72. The molecule has 0 bridgehead atoms. The number of aryl methyl sites for hydroxylation is 3. The Labute approximate surface area is 183 Å². The molecular formula is C27H38N2O. The summed E-state index contributed by atoms with van der Waals surface area (Å²) in [5.41, 5.74) is 5.76. The summed E-state index contributed by atoms with van der Waals surface area (Å²) in [6.45, 7) is 20.7. The number of hydrogen-bond acceptors (Lipinski definition) is 2. The maximum Gasteiger partial charge on any atom is 0.259 e. The molecule has 0 aliphatic rings. The van der Waals surface area contributed by atoms with Crippen LogP contribution in [0.4, 0.5) is 0 Å². The Hall–Kier alpha value is -2.31. The van der Waals surface area contributed by atoms with Gasteiger partial charge in [0.25, 0.3) is 5.54 Å². The second kappa shape index (κ2) is 10.6. The quantitative estimate of drug-likeness (QED) is 0.428. The summed E-state index contributed by atoms with van der Waals surface area (Å²) in [5, 5.41) is 0.